The van der Waals surface area contributed by atoms with Gasteiger partial charge in [0.25, 0.3) is 5.91 Å². The van der Waals surface area contributed by atoms with Crippen LogP contribution in [0.15, 0.2) is 6.33 Å². The number of aromatic nitrogens is 2. The molecule has 23 heavy (non-hydrogen) atoms. The molecule has 1 N–H and O–H groups in total. The Balaban J connectivity index is 1.70. The molecule has 7 nitrogen and oxygen atoms in total. The number of hydrogen-bond donors (Lipinski definition) is 1. The second-order valence-electron chi connectivity index (χ2n) is 6.50. The molecule has 1 aromatic heterocycles. The molecular formula is C16H24N4O3. The third-order valence-electron chi connectivity index (χ3n) is 4.40. The molecule has 1 unspecified atom stereocenters. The van der Waals surface area contributed by atoms with Gasteiger partial charge in [0, 0.05) is 25.7 Å². The molecule has 126 valence electrons. The summed E-state index contributed by atoms with van der Waals surface area (Å²) in [4.78, 5) is 30.9. The van der Waals surface area contributed by atoms with Crippen molar-refractivity contribution in [3.8, 4) is 0 Å². The summed E-state index contributed by atoms with van der Waals surface area (Å²) in [6, 6.07) is 0.144. The number of amides is 2. The van der Waals surface area contributed by atoms with Crippen LogP contribution in [0.5, 0.6) is 0 Å². The lowest BCUT2D eigenvalue weighted by Crippen LogP contribution is -2.42. The van der Waals surface area contributed by atoms with Crippen molar-refractivity contribution in [1.82, 2.24) is 19.8 Å². The molecule has 0 saturated carbocycles. The van der Waals surface area contributed by atoms with Gasteiger partial charge in [0.05, 0.1) is 31.2 Å². The van der Waals surface area contributed by atoms with E-state index in [2.05, 4.69) is 10.3 Å². The number of carbonyl (C=O) groups excluding carboxylic acids is 2. The van der Waals surface area contributed by atoms with Gasteiger partial charge >= 0.3 is 0 Å². The van der Waals surface area contributed by atoms with Crippen LogP contribution in [0.1, 0.15) is 36.5 Å². The molecule has 1 saturated heterocycles. The summed E-state index contributed by atoms with van der Waals surface area (Å²) in [7, 11) is 0. The number of morpholine rings is 1. The van der Waals surface area contributed by atoms with Crippen LogP contribution in [0.3, 0.4) is 0 Å². The van der Waals surface area contributed by atoms with Crippen molar-refractivity contribution in [3.63, 3.8) is 0 Å². The Morgan fingerprint density at radius 1 is 1.35 bits per heavy atom. The highest BCUT2D eigenvalue weighted by Gasteiger charge is 2.30. The molecule has 2 amide bonds. The van der Waals surface area contributed by atoms with Gasteiger partial charge in [-0.15, -0.1) is 0 Å². The predicted molar refractivity (Wildman–Crippen MR) is 84.0 cm³/mol. The highest BCUT2D eigenvalue weighted by molar-refractivity contribution is 5.93. The molecule has 2 aliphatic rings. The second-order valence-corrected chi connectivity index (χ2v) is 6.50. The van der Waals surface area contributed by atoms with Crippen molar-refractivity contribution >= 4 is 11.8 Å². The lowest BCUT2D eigenvalue weighted by atomic mass is 9.95. The largest absolute Gasteiger partial charge is 0.378 e. The fourth-order valence-electron chi connectivity index (χ4n) is 3.18. The summed E-state index contributed by atoms with van der Waals surface area (Å²) in [6.45, 7) is 6.91. The quantitative estimate of drug-likeness (QED) is 0.877. The number of imidazole rings is 1. The van der Waals surface area contributed by atoms with E-state index >= 15 is 0 Å². The normalized spacial score (nSPS) is 21.2. The first-order valence-corrected chi connectivity index (χ1v) is 8.27. The van der Waals surface area contributed by atoms with E-state index < -0.39 is 0 Å². The minimum atomic E-state index is -0.0505. The Morgan fingerprint density at radius 3 is 2.78 bits per heavy atom. The fraction of sp³-hybridized carbons (Fsp3) is 0.688. The zero-order valence-electron chi connectivity index (χ0n) is 13.7. The predicted octanol–water partition coefficient (Wildman–Crippen LogP) is 0.443. The number of fused-ring (bicyclic) bond motifs is 1. The zero-order valence-corrected chi connectivity index (χ0v) is 13.7. The van der Waals surface area contributed by atoms with Gasteiger partial charge in [-0.05, 0) is 26.7 Å². The van der Waals surface area contributed by atoms with Gasteiger partial charge in [0.15, 0.2) is 0 Å². The van der Waals surface area contributed by atoms with E-state index in [4.69, 9.17) is 4.74 Å². The molecule has 7 heteroatoms. The molecule has 0 aliphatic carbocycles. The maximum atomic E-state index is 12.6. The van der Waals surface area contributed by atoms with Gasteiger partial charge in [0.1, 0.15) is 5.69 Å². The molecule has 2 aliphatic heterocycles. The van der Waals surface area contributed by atoms with E-state index in [-0.39, 0.29) is 23.8 Å². The van der Waals surface area contributed by atoms with Crippen molar-refractivity contribution in [3.05, 3.63) is 17.7 Å². The Hall–Kier alpha value is -1.89. The van der Waals surface area contributed by atoms with Crippen molar-refractivity contribution < 1.29 is 14.3 Å². The van der Waals surface area contributed by atoms with Crippen molar-refractivity contribution in [2.24, 2.45) is 5.92 Å². The van der Waals surface area contributed by atoms with E-state index in [1.54, 1.807) is 11.2 Å². The van der Waals surface area contributed by atoms with Gasteiger partial charge in [-0.1, -0.05) is 0 Å². The molecule has 3 heterocycles. The van der Waals surface area contributed by atoms with Crippen molar-refractivity contribution in [2.45, 2.75) is 39.3 Å². The van der Waals surface area contributed by atoms with Gasteiger partial charge < -0.3 is 19.5 Å². The molecule has 0 bridgehead atoms. The Morgan fingerprint density at radius 2 is 2.09 bits per heavy atom. The summed E-state index contributed by atoms with van der Waals surface area (Å²) in [5, 5.41) is 2.96. The zero-order chi connectivity index (χ0) is 16.4. The van der Waals surface area contributed by atoms with Gasteiger partial charge in [-0.2, -0.15) is 0 Å². The first-order valence-electron chi connectivity index (χ1n) is 8.27. The highest BCUT2D eigenvalue weighted by Crippen LogP contribution is 2.23. The van der Waals surface area contributed by atoms with E-state index in [0.717, 1.165) is 12.1 Å². The minimum absolute atomic E-state index is 0.0212. The second kappa shape index (κ2) is 6.70. The SMILES string of the molecule is CC(C)NC(=O)C1CCc2c(C(=O)N3CCOCC3)ncn2C1. The van der Waals surface area contributed by atoms with Crippen LogP contribution in [0, 0.1) is 5.92 Å². The smallest absolute Gasteiger partial charge is 0.274 e. The van der Waals surface area contributed by atoms with E-state index in [0.29, 0.717) is 45.0 Å². The maximum absolute atomic E-state index is 12.6. The molecule has 0 aromatic carbocycles. The third kappa shape index (κ3) is 3.39. The summed E-state index contributed by atoms with van der Waals surface area (Å²) < 4.78 is 7.25. The molecule has 0 spiro atoms. The van der Waals surface area contributed by atoms with Crippen LogP contribution in [0.25, 0.3) is 0 Å². The van der Waals surface area contributed by atoms with Crippen molar-refractivity contribution in [2.75, 3.05) is 26.3 Å². The molecule has 1 aromatic rings. The Kier molecular flexibility index (Phi) is 4.66. The molecule has 0 radical (unpaired) electrons. The standard InChI is InChI=1S/C16H24N4O3/c1-11(2)18-15(21)12-3-4-13-14(17-10-20(13)9-12)16(22)19-5-7-23-8-6-19/h10-12H,3-9H2,1-2H3,(H,18,21). The van der Waals surface area contributed by atoms with E-state index in [9.17, 15) is 9.59 Å². The maximum Gasteiger partial charge on any atom is 0.274 e. The summed E-state index contributed by atoms with van der Waals surface area (Å²) >= 11 is 0. The number of nitrogens with zero attached hydrogens (tertiary/aromatic N) is 3. The minimum Gasteiger partial charge on any atom is -0.378 e. The average molecular weight is 320 g/mol. The topological polar surface area (TPSA) is 76.5 Å². The van der Waals surface area contributed by atoms with Crippen LogP contribution < -0.4 is 5.32 Å². The van der Waals surface area contributed by atoms with Crippen LogP contribution in [0.2, 0.25) is 0 Å². The lowest BCUT2D eigenvalue weighted by molar-refractivity contribution is -0.126. The van der Waals surface area contributed by atoms with Crippen LogP contribution in [-0.4, -0.2) is 58.6 Å². The van der Waals surface area contributed by atoms with Gasteiger partial charge in [0.2, 0.25) is 5.91 Å². The summed E-state index contributed by atoms with van der Waals surface area (Å²) in [5.74, 6) is 0.0120. The van der Waals surface area contributed by atoms with Crippen LogP contribution in [-0.2, 0) is 22.5 Å². The van der Waals surface area contributed by atoms with E-state index in [1.165, 1.54) is 0 Å². The molecule has 1 atom stereocenters. The molecule has 1 fully saturated rings. The van der Waals surface area contributed by atoms with Crippen molar-refractivity contribution in [1.29, 1.82) is 0 Å². The van der Waals surface area contributed by atoms with Gasteiger partial charge in [-0.25, -0.2) is 4.98 Å². The summed E-state index contributed by atoms with van der Waals surface area (Å²) in [5.41, 5.74) is 1.49. The first kappa shape index (κ1) is 16.0. The highest BCUT2D eigenvalue weighted by atomic mass is 16.5. The fourth-order valence-corrected chi connectivity index (χ4v) is 3.18. The number of hydrogen-bond acceptors (Lipinski definition) is 4. The molecule has 3 rings (SSSR count). The number of carbonyl (C=O) groups is 2. The molecular weight excluding hydrogens is 296 g/mol. The van der Waals surface area contributed by atoms with E-state index in [1.807, 2.05) is 18.4 Å². The number of rotatable bonds is 3. The Labute approximate surface area is 136 Å². The number of nitrogens with one attached hydrogen (secondary N) is 1. The van der Waals surface area contributed by atoms with Crippen LogP contribution in [0.4, 0.5) is 0 Å². The summed E-state index contributed by atoms with van der Waals surface area (Å²) in [6.07, 6.45) is 3.16. The van der Waals surface area contributed by atoms with Gasteiger partial charge in [-0.3, -0.25) is 9.59 Å². The van der Waals surface area contributed by atoms with Crippen LogP contribution >= 0.6 is 0 Å². The lowest BCUT2D eigenvalue weighted by Gasteiger charge is -2.28. The average Bonchev–Trinajstić information content (AvgIpc) is 2.97. The third-order valence-corrected chi connectivity index (χ3v) is 4.40. The first-order chi connectivity index (χ1) is 11.1. The Bertz CT molecular complexity index is 590. The monoisotopic (exact) mass is 320 g/mol. The number of ether oxygens (including phenoxy) is 1.